The third-order valence-corrected chi connectivity index (χ3v) is 5.31. The van der Waals surface area contributed by atoms with Crippen molar-refractivity contribution in [1.82, 2.24) is 14.8 Å². The second-order valence-electron chi connectivity index (χ2n) is 6.47. The summed E-state index contributed by atoms with van der Waals surface area (Å²) in [5.41, 5.74) is 10.8. The van der Waals surface area contributed by atoms with Crippen molar-refractivity contribution >= 4 is 22.5 Å². The van der Waals surface area contributed by atoms with Gasteiger partial charge in [-0.3, -0.25) is 5.10 Å². The van der Waals surface area contributed by atoms with Crippen molar-refractivity contribution in [3.63, 3.8) is 0 Å². The molecule has 2 bridgehead atoms. The maximum atomic E-state index is 5.79. The van der Waals surface area contributed by atoms with Crippen LogP contribution in [0.25, 0.3) is 22.2 Å². The highest BCUT2D eigenvalue weighted by Crippen LogP contribution is 2.48. The molecule has 5 nitrogen and oxygen atoms in total. The van der Waals surface area contributed by atoms with Crippen molar-refractivity contribution in [3.8, 4) is 11.3 Å². The zero-order valence-electron chi connectivity index (χ0n) is 12.6. The SMILES string of the molecule is Cn1c2c(c3cccc(-c4cc(N)n[nH]4)c31)C1CCN2CC1. The number of nitrogens with two attached hydrogens (primary N) is 1. The van der Waals surface area contributed by atoms with Crippen LogP contribution in [-0.4, -0.2) is 27.9 Å². The van der Waals surface area contributed by atoms with E-state index in [0.717, 1.165) is 5.69 Å². The maximum Gasteiger partial charge on any atom is 0.145 e. The second-order valence-corrected chi connectivity index (χ2v) is 6.47. The Labute approximate surface area is 128 Å². The number of rotatable bonds is 1. The Balaban J connectivity index is 1.86. The summed E-state index contributed by atoms with van der Waals surface area (Å²) in [7, 11) is 2.19. The normalized spacial score (nSPS) is 17.4. The molecule has 0 spiro atoms. The van der Waals surface area contributed by atoms with Gasteiger partial charge in [-0.2, -0.15) is 5.10 Å². The topological polar surface area (TPSA) is 62.9 Å². The zero-order chi connectivity index (χ0) is 14.8. The fourth-order valence-electron chi connectivity index (χ4n) is 4.39. The van der Waals surface area contributed by atoms with E-state index in [-0.39, 0.29) is 0 Å². The molecule has 6 rings (SSSR count). The lowest BCUT2D eigenvalue weighted by Gasteiger charge is -2.41. The number of aromatic nitrogens is 3. The van der Waals surface area contributed by atoms with Crippen molar-refractivity contribution in [2.75, 3.05) is 23.7 Å². The fourth-order valence-corrected chi connectivity index (χ4v) is 4.39. The van der Waals surface area contributed by atoms with Gasteiger partial charge in [0, 0.05) is 42.7 Å². The van der Waals surface area contributed by atoms with Crippen LogP contribution in [0.2, 0.25) is 0 Å². The third kappa shape index (κ3) is 1.41. The first kappa shape index (κ1) is 12.1. The van der Waals surface area contributed by atoms with Crippen LogP contribution in [-0.2, 0) is 7.05 Å². The van der Waals surface area contributed by atoms with E-state index in [4.69, 9.17) is 5.73 Å². The van der Waals surface area contributed by atoms with Crippen LogP contribution < -0.4 is 10.6 Å². The van der Waals surface area contributed by atoms with Gasteiger partial charge in [0.25, 0.3) is 0 Å². The quantitative estimate of drug-likeness (QED) is 0.725. The van der Waals surface area contributed by atoms with E-state index in [9.17, 15) is 0 Å². The number of nitrogens with one attached hydrogen (secondary N) is 1. The summed E-state index contributed by atoms with van der Waals surface area (Å²) < 4.78 is 2.36. The number of H-pyrrole nitrogens is 1. The van der Waals surface area contributed by atoms with Crippen LogP contribution in [0, 0.1) is 0 Å². The molecular weight excluding hydrogens is 274 g/mol. The Morgan fingerprint density at radius 1 is 1.27 bits per heavy atom. The van der Waals surface area contributed by atoms with Gasteiger partial charge in [-0.1, -0.05) is 18.2 Å². The highest BCUT2D eigenvalue weighted by Gasteiger charge is 2.35. The van der Waals surface area contributed by atoms with Gasteiger partial charge in [-0.15, -0.1) is 0 Å². The molecule has 0 atom stereocenters. The van der Waals surface area contributed by atoms with Gasteiger partial charge < -0.3 is 15.2 Å². The maximum absolute atomic E-state index is 5.79. The van der Waals surface area contributed by atoms with Crippen LogP contribution >= 0.6 is 0 Å². The molecule has 5 heterocycles. The number of nitrogens with zero attached hydrogens (tertiary/aromatic N) is 3. The number of aromatic amines is 1. The molecule has 3 N–H and O–H groups in total. The van der Waals surface area contributed by atoms with Crippen molar-refractivity contribution in [1.29, 1.82) is 0 Å². The number of fused-ring (bicyclic) bond motifs is 3. The molecule has 3 aromatic rings. The molecule has 0 radical (unpaired) electrons. The Kier molecular flexibility index (Phi) is 2.24. The Hall–Kier alpha value is -2.43. The third-order valence-electron chi connectivity index (χ3n) is 5.31. The Bertz CT molecular complexity index is 880. The molecule has 0 saturated carbocycles. The number of aryl methyl sites for hydroxylation is 1. The minimum absolute atomic E-state index is 0.537. The zero-order valence-corrected chi connectivity index (χ0v) is 12.6. The van der Waals surface area contributed by atoms with Gasteiger partial charge >= 0.3 is 0 Å². The summed E-state index contributed by atoms with van der Waals surface area (Å²) in [6, 6.07) is 8.47. The summed E-state index contributed by atoms with van der Waals surface area (Å²) in [5, 5.41) is 8.53. The molecule has 3 aliphatic rings. The fraction of sp³-hybridized carbons (Fsp3) is 0.353. The lowest BCUT2D eigenvalue weighted by atomic mass is 9.84. The number of nitrogen functional groups attached to an aromatic ring is 1. The molecule has 5 heteroatoms. The van der Waals surface area contributed by atoms with Crippen LogP contribution in [0.1, 0.15) is 24.3 Å². The van der Waals surface area contributed by atoms with Crippen LogP contribution in [0.15, 0.2) is 24.3 Å². The summed E-state index contributed by atoms with van der Waals surface area (Å²) in [6.45, 7) is 2.38. The van der Waals surface area contributed by atoms with E-state index in [0.29, 0.717) is 11.7 Å². The lowest BCUT2D eigenvalue weighted by Crippen LogP contribution is -2.39. The van der Waals surface area contributed by atoms with Crippen molar-refractivity contribution in [3.05, 3.63) is 29.8 Å². The number of hydrogen-bond acceptors (Lipinski definition) is 3. The van der Waals surface area contributed by atoms with Crippen molar-refractivity contribution < 1.29 is 0 Å². The predicted octanol–water partition coefficient (Wildman–Crippen LogP) is 2.85. The number of anilines is 2. The van der Waals surface area contributed by atoms with E-state index < -0.39 is 0 Å². The van der Waals surface area contributed by atoms with Gasteiger partial charge in [0.1, 0.15) is 11.6 Å². The molecule has 1 fully saturated rings. The highest BCUT2D eigenvalue weighted by atomic mass is 15.3. The molecule has 1 aromatic carbocycles. The number of hydrogen-bond donors (Lipinski definition) is 2. The number of para-hydroxylation sites is 1. The predicted molar refractivity (Wildman–Crippen MR) is 89.1 cm³/mol. The molecule has 0 unspecified atom stereocenters. The average Bonchev–Trinajstić information content (AvgIpc) is 3.12. The van der Waals surface area contributed by atoms with Crippen LogP contribution in [0.5, 0.6) is 0 Å². The van der Waals surface area contributed by atoms with Crippen LogP contribution in [0.3, 0.4) is 0 Å². The molecule has 0 aliphatic carbocycles. The second kappa shape index (κ2) is 4.06. The van der Waals surface area contributed by atoms with Gasteiger partial charge in [0.15, 0.2) is 0 Å². The summed E-state index contributed by atoms with van der Waals surface area (Å²) in [6.07, 6.45) is 2.57. The Morgan fingerprint density at radius 3 is 2.82 bits per heavy atom. The van der Waals surface area contributed by atoms with E-state index in [2.05, 4.69) is 44.9 Å². The summed E-state index contributed by atoms with van der Waals surface area (Å²) >= 11 is 0. The van der Waals surface area contributed by atoms with Crippen molar-refractivity contribution in [2.45, 2.75) is 18.8 Å². The van der Waals surface area contributed by atoms with Gasteiger partial charge in [-0.05, 0) is 18.8 Å². The number of piperidine rings is 1. The average molecular weight is 293 g/mol. The molecule has 3 aliphatic heterocycles. The molecular formula is C17H19N5. The molecule has 2 aromatic heterocycles. The van der Waals surface area contributed by atoms with E-state index in [1.54, 1.807) is 5.56 Å². The first-order chi connectivity index (χ1) is 10.7. The summed E-state index contributed by atoms with van der Waals surface area (Å²) in [4.78, 5) is 2.54. The van der Waals surface area contributed by atoms with Gasteiger partial charge in [-0.25, -0.2) is 0 Å². The molecule has 112 valence electrons. The van der Waals surface area contributed by atoms with E-state index in [1.807, 2.05) is 6.07 Å². The van der Waals surface area contributed by atoms with Crippen LogP contribution in [0.4, 0.5) is 11.6 Å². The Morgan fingerprint density at radius 2 is 2.09 bits per heavy atom. The molecule has 22 heavy (non-hydrogen) atoms. The standard InChI is InChI=1S/C17H19N5/c1-21-16-11(13-9-14(18)20-19-13)3-2-4-12(16)15-10-5-7-22(8-6-10)17(15)21/h2-4,9-10H,5-8H2,1H3,(H3,18,19,20). The van der Waals surface area contributed by atoms with Gasteiger partial charge in [0.2, 0.25) is 0 Å². The summed E-state index contributed by atoms with van der Waals surface area (Å²) in [5.74, 6) is 2.66. The minimum Gasteiger partial charge on any atom is -0.382 e. The molecule has 0 amide bonds. The monoisotopic (exact) mass is 293 g/mol. The number of benzene rings is 1. The highest BCUT2D eigenvalue weighted by molar-refractivity contribution is 6.00. The van der Waals surface area contributed by atoms with E-state index in [1.165, 1.54) is 48.2 Å². The van der Waals surface area contributed by atoms with Gasteiger partial charge in [0.05, 0.1) is 11.2 Å². The lowest BCUT2D eigenvalue weighted by molar-refractivity contribution is 0.469. The first-order valence-corrected chi connectivity index (χ1v) is 7.91. The largest absolute Gasteiger partial charge is 0.382 e. The van der Waals surface area contributed by atoms with E-state index >= 15 is 0 Å². The minimum atomic E-state index is 0.537. The molecule has 1 saturated heterocycles. The van der Waals surface area contributed by atoms with Crippen molar-refractivity contribution in [2.24, 2.45) is 7.05 Å². The first-order valence-electron chi connectivity index (χ1n) is 7.91. The smallest absolute Gasteiger partial charge is 0.145 e.